The monoisotopic (exact) mass is 270 g/mol. The van der Waals surface area contributed by atoms with Crippen LogP contribution in [0.2, 0.25) is 0 Å². The Morgan fingerprint density at radius 1 is 1.11 bits per heavy atom. The van der Waals surface area contributed by atoms with Gasteiger partial charge in [-0.25, -0.2) is 4.98 Å². The number of benzene rings is 1. The van der Waals surface area contributed by atoms with Gasteiger partial charge in [0.25, 0.3) is 0 Å². The molecule has 0 spiro atoms. The molecule has 2 heterocycles. The minimum Gasteiger partial charge on any atom is -0.438 e. The van der Waals surface area contributed by atoms with E-state index in [4.69, 9.17) is 10.5 Å². The van der Waals surface area contributed by atoms with Crippen LogP contribution >= 0.6 is 11.3 Å². The fourth-order valence-electron chi connectivity index (χ4n) is 1.95. The summed E-state index contributed by atoms with van der Waals surface area (Å²) in [7, 11) is 0. The number of nitrogens with two attached hydrogens (primary N) is 1. The third kappa shape index (κ3) is 2.59. The van der Waals surface area contributed by atoms with E-state index in [0.717, 1.165) is 17.6 Å². The average Bonchev–Trinajstić information content (AvgIpc) is 2.91. The Bertz CT molecular complexity index is 676. The van der Waals surface area contributed by atoms with Gasteiger partial charge >= 0.3 is 0 Å². The number of pyridine rings is 1. The summed E-state index contributed by atoms with van der Waals surface area (Å²) in [6.45, 7) is 0.663. The van der Waals surface area contributed by atoms with Gasteiger partial charge < -0.3 is 10.5 Å². The van der Waals surface area contributed by atoms with Crippen molar-refractivity contribution >= 4 is 21.4 Å². The molecule has 4 heteroatoms. The second kappa shape index (κ2) is 5.38. The molecule has 1 aromatic carbocycles. The molecule has 0 bridgehead atoms. The van der Waals surface area contributed by atoms with Crippen molar-refractivity contribution in [2.45, 2.75) is 6.42 Å². The lowest BCUT2D eigenvalue weighted by Crippen LogP contribution is -2.02. The maximum atomic E-state index is 5.85. The van der Waals surface area contributed by atoms with Gasteiger partial charge in [0, 0.05) is 10.9 Å². The van der Waals surface area contributed by atoms with Gasteiger partial charge in [-0.3, -0.25) is 0 Å². The molecule has 0 saturated heterocycles. The molecule has 3 rings (SSSR count). The van der Waals surface area contributed by atoms with E-state index in [0.29, 0.717) is 12.4 Å². The Labute approximate surface area is 115 Å². The van der Waals surface area contributed by atoms with E-state index < -0.39 is 0 Å². The van der Waals surface area contributed by atoms with Gasteiger partial charge in [-0.2, -0.15) is 0 Å². The lowest BCUT2D eigenvalue weighted by Gasteiger charge is -2.06. The average molecular weight is 270 g/mol. The molecule has 0 amide bonds. The Morgan fingerprint density at radius 3 is 2.74 bits per heavy atom. The molecule has 3 aromatic rings. The molecule has 2 aromatic heterocycles. The van der Waals surface area contributed by atoms with Crippen molar-refractivity contribution in [1.29, 1.82) is 0 Å². The first-order chi connectivity index (χ1) is 9.36. The maximum absolute atomic E-state index is 5.85. The number of ether oxygens (including phenoxy) is 1. The molecule has 0 aliphatic rings. The van der Waals surface area contributed by atoms with Gasteiger partial charge in [0.05, 0.1) is 5.39 Å². The van der Waals surface area contributed by atoms with Crippen LogP contribution in [0, 0.1) is 0 Å². The van der Waals surface area contributed by atoms with Gasteiger partial charge in [-0.05, 0) is 48.2 Å². The highest BCUT2D eigenvalue weighted by molar-refractivity contribution is 7.17. The van der Waals surface area contributed by atoms with Crippen LogP contribution in [-0.4, -0.2) is 11.5 Å². The number of fused-ring (bicyclic) bond motifs is 1. The Balaban J connectivity index is 1.86. The summed E-state index contributed by atoms with van der Waals surface area (Å²) in [4.78, 5) is 4.30. The normalized spacial score (nSPS) is 10.8. The number of thiophene rings is 1. The van der Waals surface area contributed by atoms with Crippen molar-refractivity contribution in [1.82, 2.24) is 4.98 Å². The molecular weight excluding hydrogens is 256 g/mol. The molecule has 0 atom stereocenters. The van der Waals surface area contributed by atoms with E-state index in [1.807, 2.05) is 41.8 Å². The zero-order chi connectivity index (χ0) is 13.1. The van der Waals surface area contributed by atoms with Crippen LogP contribution < -0.4 is 10.5 Å². The van der Waals surface area contributed by atoms with E-state index in [1.54, 1.807) is 17.5 Å². The summed E-state index contributed by atoms with van der Waals surface area (Å²) in [6.07, 6.45) is 2.66. The number of nitrogens with zero attached hydrogens (tertiary/aromatic N) is 1. The molecule has 0 aliphatic heterocycles. The highest BCUT2D eigenvalue weighted by Gasteiger charge is 2.05. The molecule has 2 N–H and O–H groups in total. The van der Waals surface area contributed by atoms with Crippen LogP contribution in [-0.2, 0) is 6.42 Å². The van der Waals surface area contributed by atoms with Crippen molar-refractivity contribution in [2.75, 3.05) is 6.54 Å². The standard InChI is InChI=1S/C15H14N2OS/c16-8-5-11-1-3-12(4-2-11)18-15-13-7-10-19-14(13)6-9-17-15/h1-4,6-7,9-10H,5,8,16H2. The topological polar surface area (TPSA) is 48.1 Å². The van der Waals surface area contributed by atoms with E-state index in [-0.39, 0.29) is 0 Å². The van der Waals surface area contributed by atoms with Crippen molar-refractivity contribution in [3.05, 3.63) is 53.5 Å². The first-order valence-electron chi connectivity index (χ1n) is 6.16. The summed E-state index contributed by atoms with van der Waals surface area (Å²) < 4.78 is 7.03. The maximum Gasteiger partial charge on any atom is 0.227 e. The lowest BCUT2D eigenvalue weighted by atomic mass is 10.1. The van der Waals surface area contributed by atoms with Gasteiger partial charge in [0.1, 0.15) is 5.75 Å². The number of hydrogen-bond donors (Lipinski definition) is 1. The van der Waals surface area contributed by atoms with Crippen LogP contribution in [0.25, 0.3) is 10.1 Å². The zero-order valence-electron chi connectivity index (χ0n) is 10.4. The highest BCUT2D eigenvalue weighted by atomic mass is 32.1. The van der Waals surface area contributed by atoms with Gasteiger partial charge in [-0.1, -0.05) is 12.1 Å². The van der Waals surface area contributed by atoms with Crippen molar-refractivity contribution in [3.8, 4) is 11.6 Å². The van der Waals surface area contributed by atoms with Gasteiger partial charge in [0.15, 0.2) is 0 Å². The second-order valence-electron chi connectivity index (χ2n) is 4.23. The summed E-state index contributed by atoms with van der Waals surface area (Å²) in [5.41, 5.74) is 6.75. The lowest BCUT2D eigenvalue weighted by molar-refractivity contribution is 0.469. The largest absolute Gasteiger partial charge is 0.438 e. The van der Waals surface area contributed by atoms with Gasteiger partial charge in [0.2, 0.25) is 5.88 Å². The van der Waals surface area contributed by atoms with Crippen molar-refractivity contribution in [3.63, 3.8) is 0 Å². The van der Waals surface area contributed by atoms with Gasteiger partial charge in [-0.15, -0.1) is 11.3 Å². The smallest absolute Gasteiger partial charge is 0.227 e. The van der Waals surface area contributed by atoms with Crippen LogP contribution in [0.15, 0.2) is 48.0 Å². The summed E-state index contributed by atoms with van der Waals surface area (Å²) >= 11 is 1.69. The second-order valence-corrected chi connectivity index (χ2v) is 5.18. The first kappa shape index (κ1) is 12.1. The zero-order valence-corrected chi connectivity index (χ0v) is 11.2. The highest BCUT2D eigenvalue weighted by Crippen LogP contribution is 2.30. The molecule has 19 heavy (non-hydrogen) atoms. The minimum absolute atomic E-state index is 0.658. The Hall–Kier alpha value is -1.91. The first-order valence-corrected chi connectivity index (χ1v) is 7.04. The fraction of sp³-hybridized carbons (Fsp3) is 0.133. The molecule has 96 valence electrons. The summed E-state index contributed by atoms with van der Waals surface area (Å²) in [5, 5.41) is 3.10. The van der Waals surface area contributed by atoms with Crippen LogP contribution in [0.1, 0.15) is 5.56 Å². The van der Waals surface area contributed by atoms with Crippen LogP contribution in [0.5, 0.6) is 11.6 Å². The fourth-order valence-corrected chi connectivity index (χ4v) is 2.73. The number of rotatable bonds is 4. The van der Waals surface area contributed by atoms with E-state index in [1.165, 1.54) is 10.3 Å². The molecule has 0 fully saturated rings. The van der Waals surface area contributed by atoms with E-state index >= 15 is 0 Å². The van der Waals surface area contributed by atoms with Crippen LogP contribution in [0.4, 0.5) is 0 Å². The number of aromatic nitrogens is 1. The molecular formula is C15H14N2OS. The van der Waals surface area contributed by atoms with Crippen molar-refractivity contribution in [2.24, 2.45) is 5.73 Å². The molecule has 0 aliphatic carbocycles. The number of hydrogen-bond acceptors (Lipinski definition) is 4. The predicted octanol–water partition coefficient (Wildman–Crippen LogP) is 3.59. The summed E-state index contributed by atoms with van der Waals surface area (Å²) in [6, 6.07) is 12.0. The van der Waals surface area contributed by atoms with Crippen LogP contribution in [0.3, 0.4) is 0 Å². The Kier molecular flexibility index (Phi) is 3.44. The van der Waals surface area contributed by atoms with E-state index in [9.17, 15) is 0 Å². The van der Waals surface area contributed by atoms with Crippen molar-refractivity contribution < 1.29 is 4.74 Å². The minimum atomic E-state index is 0.658. The molecule has 3 nitrogen and oxygen atoms in total. The third-order valence-corrected chi connectivity index (χ3v) is 3.80. The molecule has 0 saturated carbocycles. The molecule has 0 radical (unpaired) electrons. The Morgan fingerprint density at radius 2 is 1.95 bits per heavy atom. The van der Waals surface area contributed by atoms with E-state index in [2.05, 4.69) is 4.98 Å². The third-order valence-electron chi connectivity index (χ3n) is 2.91. The predicted molar refractivity (Wildman–Crippen MR) is 78.9 cm³/mol. The molecule has 0 unspecified atom stereocenters. The summed E-state index contributed by atoms with van der Waals surface area (Å²) in [5.74, 6) is 1.46. The SMILES string of the molecule is NCCc1ccc(Oc2nccc3sccc23)cc1. The quantitative estimate of drug-likeness (QED) is 0.788.